The van der Waals surface area contributed by atoms with Crippen LogP contribution >= 0.6 is 11.6 Å². The molecule has 0 bridgehead atoms. The minimum absolute atomic E-state index is 0.0581. The molecule has 3 aliphatic heterocycles. The topological polar surface area (TPSA) is 242 Å². The molecule has 20 heteroatoms. The predicted molar refractivity (Wildman–Crippen MR) is 275 cm³/mol. The van der Waals surface area contributed by atoms with Crippen molar-refractivity contribution in [2.75, 3.05) is 41.0 Å². The van der Waals surface area contributed by atoms with E-state index in [9.17, 15) is 44.6 Å². The Kier molecular flexibility index (Phi) is 21.8. The Balaban J connectivity index is 1.40. The summed E-state index contributed by atoms with van der Waals surface area (Å²) in [4.78, 5) is 35.6. The highest BCUT2D eigenvalue weighted by atomic mass is 35.5. The lowest BCUT2D eigenvalue weighted by Gasteiger charge is -2.49. The highest BCUT2D eigenvalue weighted by Gasteiger charge is 2.53. The summed E-state index contributed by atoms with van der Waals surface area (Å²) in [7, 11) is 5.02. The highest BCUT2D eigenvalue weighted by Crippen LogP contribution is 2.40. The van der Waals surface area contributed by atoms with Crippen LogP contribution in [0.5, 0.6) is 0 Å². The van der Waals surface area contributed by atoms with Crippen molar-refractivity contribution in [2.24, 2.45) is 17.8 Å². The van der Waals surface area contributed by atoms with Crippen molar-refractivity contribution in [3.8, 4) is 11.1 Å². The molecule has 0 spiro atoms. The van der Waals surface area contributed by atoms with E-state index in [1.54, 1.807) is 104 Å². The number of aromatic nitrogens is 1. The van der Waals surface area contributed by atoms with Crippen LogP contribution in [0.4, 0.5) is 4.39 Å². The van der Waals surface area contributed by atoms with Crippen LogP contribution in [0.15, 0.2) is 42.6 Å². The number of esters is 1. The zero-order chi connectivity index (χ0) is 55.2. The van der Waals surface area contributed by atoms with Gasteiger partial charge in [-0.1, -0.05) is 56.6 Å². The van der Waals surface area contributed by atoms with Gasteiger partial charge in [-0.05, 0) is 111 Å². The van der Waals surface area contributed by atoms with Crippen LogP contribution in [-0.4, -0.2) is 195 Å². The van der Waals surface area contributed by atoms with Crippen molar-refractivity contribution in [1.82, 2.24) is 20.1 Å². The molecule has 5 rings (SSSR count). The molecule has 1 aromatic carbocycles. The highest BCUT2D eigenvalue weighted by molar-refractivity contribution is 6.29. The number of aliphatic hydroxyl groups excluding tert-OH is 4. The Bertz CT molecular complexity index is 2100. The average molecular weight is 1070 g/mol. The van der Waals surface area contributed by atoms with Crippen molar-refractivity contribution in [3.63, 3.8) is 0 Å². The van der Waals surface area contributed by atoms with Crippen molar-refractivity contribution in [3.05, 3.63) is 53.3 Å². The van der Waals surface area contributed by atoms with E-state index in [4.69, 9.17) is 40.0 Å². The number of rotatable bonds is 15. The summed E-state index contributed by atoms with van der Waals surface area (Å²) in [5.41, 5.74) is -2.66. The van der Waals surface area contributed by atoms with E-state index in [0.717, 1.165) is 11.1 Å². The molecule has 20 atom stereocenters. The van der Waals surface area contributed by atoms with Gasteiger partial charge in [-0.15, -0.1) is 0 Å². The third-order valence-corrected chi connectivity index (χ3v) is 16.2. The van der Waals surface area contributed by atoms with Gasteiger partial charge in [0.1, 0.15) is 47.9 Å². The Morgan fingerprint density at radius 1 is 0.986 bits per heavy atom. The van der Waals surface area contributed by atoms with E-state index >= 15 is 0 Å². The summed E-state index contributed by atoms with van der Waals surface area (Å²) >= 11 is 5.93. The van der Waals surface area contributed by atoms with E-state index in [1.807, 2.05) is 24.8 Å². The number of alkyl halides is 1. The number of likely N-dealkylation sites (N-methyl/N-ethyl adjacent to an activating group) is 2. The maximum Gasteiger partial charge on any atom is 0.311 e. The third-order valence-electron chi connectivity index (χ3n) is 16.0. The molecule has 3 saturated heterocycles. The molecule has 3 unspecified atom stereocenters. The van der Waals surface area contributed by atoms with Crippen LogP contribution in [0, 0.1) is 17.8 Å². The molecule has 2 aromatic rings. The van der Waals surface area contributed by atoms with Crippen LogP contribution in [0.2, 0.25) is 5.15 Å². The van der Waals surface area contributed by atoms with Gasteiger partial charge in [-0.2, -0.15) is 0 Å². The summed E-state index contributed by atoms with van der Waals surface area (Å²) in [5, 5.41) is 73.7. The van der Waals surface area contributed by atoms with E-state index in [1.165, 1.54) is 14.0 Å². The van der Waals surface area contributed by atoms with Crippen molar-refractivity contribution in [1.29, 1.82) is 0 Å². The van der Waals surface area contributed by atoms with Gasteiger partial charge in [0, 0.05) is 62.8 Å². The Morgan fingerprint density at radius 3 is 2.23 bits per heavy atom. The SMILES string of the molecule is CC[C@H]1OC(=O)[C@H](C)[C@@H](O[C@H]2CC(C)(OC)[C@@H](O)[C@H](C)O2)[C@H](C)[C@@H](O[C@@H]2O[C@H](C)C[C@H](N(C)CCC(=O)N[C@H](CF)[C@H](O)c3ccc(-c4ccc(Cl)nc4)cc3)[C@H]2O)C(C)(O)C[C@@H](C)CN(C)[C@H](C)[C@@H](O)C1(C)O. The monoisotopic (exact) mass is 1070 g/mol. The predicted octanol–water partition coefficient (Wildman–Crippen LogP) is 4.56. The standard InChI is InChI=1S/C54H86ClFN4O14/c1-14-40-54(10,68)47(64)33(6)60(12)28-29(2)24-52(8,67)49(31(4)46(32(5)50(66)72-40)73-43-25-53(9,69-13)48(65)34(7)71-43)74-51-45(63)39(23-30(3)70-51)59(11)22-21-42(61)58-38(26-56)44(62)36-17-15-35(16-18-36)37-19-20-41(55)57-27-37/h15-20,27,29-34,38-40,43-49,51,62-65,67-68H,14,21-26,28H2,1-13H3,(H,58,61)/t29-,30-,31+,32-,33-,34+,38-,39+,40-,43+,44-,45-,46+,47-,48+,49-,51+,52?,53?,54?/m1/s1. The van der Waals surface area contributed by atoms with Gasteiger partial charge in [0.25, 0.3) is 0 Å². The van der Waals surface area contributed by atoms with E-state index < -0.39 is 133 Å². The fraction of sp³-hybridized carbons (Fsp3) is 0.759. The molecule has 74 heavy (non-hydrogen) atoms. The van der Waals surface area contributed by atoms with Gasteiger partial charge in [-0.3, -0.25) is 9.59 Å². The Morgan fingerprint density at radius 2 is 1.64 bits per heavy atom. The number of amides is 1. The number of nitrogens with one attached hydrogen (secondary N) is 1. The summed E-state index contributed by atoms with van der Waals surface area (Å²) in [6, 6.07) is 7.84. The second-order valence-electron chi connectivity index (χ2n) is 22.2. The first-order valence-electron chi connectivity index (χ1n) is 26.1. The lowest BCUT2D eigenvalue weighted by atomic mass is 9.77. The normalized spacial score (nSPS) is 39.1. The number of carbonyl (C=O) groups is 2. The second kappa shape index (κ2) is 26.1. The number of aliphatic hydroxyl groups is 6. The molecule has 7 N–H and O–H groups in total. The first-order chi connectivity index (χ1) is 34.6. The van der Waals surface area contributed by atoms with E-state index in [-0.39, 0.29) is 38.1 Å². The number of cyclic esters (lactones) is 1. The molecule has 0 saturated carbocycles. The maximum atomic E-state index is 14.5. The number of methoxy groups -OCH3 is 1. The van der Waals surface area contributed by atoms with Crippen LogP contribution in [-0.2, 0) is 38.0 Å². The largest absolute Gasteiger partial charge is 0.459 e. The zero-order valence-corrected chi connectivity index (χ0v) is 46.3. The molecule has 1 aromatic heterocycles. The number of benzene rings is 1. The number of nitrogens with zero attached hydrogens (tertiary/aromatic N) is 3. The number of hydrogen-bond acceptors (Lipinski definition) is 17. The van der Waals surface area contributed by atoms with E-state index in [2.05, 4.69) is 10.3 Å². The number of pyridine rings is 1. The fourth-order valence-corrected chi connectivity index (χ4v) is 11.3. The first kappa shape index (κ1) is 61.9. The molecule has 18 nitrogen and oxygen atoms in total. The summed E-state index contributed by atoms with van der Waals surface area (Å²) in [5.74, 6) is -3.53. The molecule has 0 aliphatic carbocycles. The Labute approximate surface area is 442 Å². The van der Waals surface area contributed by atoms with Gasteiger partial charge in [0.05, 0.1) is 47.6 Å². The van der Waals surface area contributed by atoms with Crippen LogP contribution in [0.1, 0.15) is 113 Å². The summed E-state index contributed by atoms with van der Waals surface area (Å²) in [6.45, 7) is 16.6. The Hall–Kier alpha value is -2.99. The number of carbonyl (C=O) groups excluding carboxylic acids is 2. The second-order valence-corrected chi connectivity index (χ2v) is 22.6. The van der Waals surface area contributed by atoms with Crippen LogP contribution < -0.4 is 5.32 Å². The molecule has 1 amide bonds. The average Bonchev–Trinajstić information content (AvgIpc) is 3.35. The summed E-state index contributed by atoms with van der Waals surface area (Å²) < 4.78 is 52.5. The molecular weight excluding hydrogens is 983 g/mol. The molecular formula is C54H86ClFN4O14. The van der Waals surface area contributed by atoms with Gasteiger partial charge in [0.2, 0.25) is 5.91 Å². The molecule has 420 valence electrons. The maximum absolute atomic E-state index is 14.5. The molecule has 0 radical (unpaired) electrons. The molecule has 3 aliphatic rings. The van der Waals surface area contributed by atoms with Crippen LogP contribution in [0.25, 0.3) is 11.1 Å². The lowest BCUT2D eigenvalue weighted by molar-refractivity contribution is -0.318. The minimum Gasteiger partial charge on any atom is -0.459 e. The first-order valence-corrected chi connectivity index (χ1v) is 26.5. The van der Waals surface area contributed by atoms with Gasteiger partial charge < -0.3 is 74.2 Å². The van der Waals surface area contributed by atoms with Gasteiger partial charge in [0.15, 0.2) is 12.6 Å². The zero-order valence-electron chi connectivity index (χ0n) is 45.6. The number of halogens is 2. The van der Waals surface area contributed by atoms with Crippen molar-refractivity contribution >= 4 is 23.5 Å². The number of ether oxygens (including phenoxy) is 6. The molecule has 3 fully saturated rings. The van der Waals surface area contributed by atoms with Crippen molar-refractivity contribution in [2.45, 2.75) is 204 Å². The van der Waals surface area contributed by atoms with Crippen molar-refractivity contribution < 1.29 is 73.0 Å². The smallest absolute Gasteiger partial charge is 0.311 e. The van der Waals surface area contributed by atoms with Gasteiger partial charge >= 0.3 is 5.97 Å². The third kappa shape index (κ3) is 14.8. The molecule has 4 heterocycles. The minimum atomic E-state index is -1.87. The quantitative estimate of drug-likeness (QED) is 0.0955. The number of hydrogen-bond donors (Lipinski definition) is 7. The van der Waals surface area contributed by atoms with Crippen LogP contribution in [0.3, 0.4) is 0 Å². The lowest BCUT2D eigenvalue weighted by Crippen LogP contribution is -2.61. The van der Waals surface area contributed by atoms with E-state index in [0.29, 0.717) is 23.7 Å². The van der Waals surface area contributed by atoms with Gasteiger partial charge in [-0.25, -0.2) is 9.37 Å². The summed E-state index contributed by atoms with van der Waals surface area (Å²) in [6.07, 6.45) is -9.96. The fourth-order valence-electron chi connectivity index (χ4n) is 11.2.